The van der Waals surface area contributed by atoms with E-state index in [0.717, 1.165) is 44.0 Å². The van der Waals surface area contributed by atoms with Gasteiger partial charge in [0.2, 0.25) is 0 Å². The molecule has 6 nitrogen and oxygen atoms in total. The molecular formula is C24H31N3O3. The Hall–Kier alpha value is -2.57. The van der Waals surface area contributed by atoms with Gasteiger partial charge in [-0.15, -0.1) is 0 Å². The van der Waals surface area contributed by atoms with Crippen LogP contribution in [0.25, 0.3) is 0 Å². The van der Waals surface area contributed by atoms with Crippen molar-refractivity contribution in [2.75, 3.05) is 44.2 Å². The topological polar surface area (TPSA) is 56.3 Å². The standard InChI is InChI=1S/C24H31N3O3/c1-18-15-25(16-19(2)30-18)17-20-7-9-21(10-8-20)24(29)27-13-11-26(12-14-27)22-5-3-4-6-23(22)28/h3-10,18-19,28H,11-17H2,1-2H3/t18-,19-/m0/s1. The number of morpholine rings is 1. The van der Waals surface area contributed by atoms with Crippen LogP contribution >= 0.6 is 0 Å². The third-order valence-corrected chi connectivity index (χ3v) is 5.89. The van der Waals surface area contributed by atoms with Crippen LogP contribution in [0, 0.1) is 0 Å². The molecule has 1 amide bonds. The van der Waals surface area contributed by atoms with Gasteiger partial charge in [-0.1, -0.05) is 24.3 Å². The Bertz CT molecular complexity index is 852. The number of ether oxygens (including phenoxy) is 1. The number of nitrogens with zero attached hydrogens (tertiary/aromatic N) is 3. The van der Waals surface area contributed by atoms with Gasteiger partial charge in [0.15, 0.2) is 0 Å². The molecule has 0 aliphatic carbocycles. The number of hydrogen-bond donors (Lipinski definition) is 1. The van der Waals surface area contributed by atoms with Gasteiger partial charge in [0.25, 0.3) is 5.91 Å². The van der Waals surface area contributed by atoms with Gasteiger partial charge in [-0.05, 0) is 43.7 Å². The van der Waals surface area contributed by atoms with Gasteiger partial charge >= 0.3 is 0 Å². The minimum atomic E-state index is 0.0760. The predicted molar refractivity (Wildman–Crippen MR) is 118 cm³/mol. The van der Waals surface area contributed by atoms with E-state index in [1.54, 1.807) is 6.07 Å². The summed E-state index contributed by atoms with van der Waals surface area (Å²) >= 11 is 0. The lowest BCUT2D eigenvalue weighted by atomic mass is 10.1. The summed E-state index contributed by atoms with van der Waals surface area (Å²) in [5.74, 6) is 0.365. The number of aromatic hydroxyl groups is 1. The van der Waals surface area contributed by atoms with Crippen molar-refractivity contribution >= 4 is 11.6 Å². The SMILES string of the molecule is C[C@H]1CN(Cc2ccc(C(=O)N3CCN(c4ccccc4O)CC3)cc2)C[C@H](C)O1. The van der Waals surface area contributed by atoms with Crippen molar-refractivity contribution in [3.05, 3.63) is 59.7 Å². The van der Waals surface area contributed by atoms with Crippen molar-refractivity contribution in [3.63, 3.8) is 0 Å². The number of anilines is 1. The van der Waals surface area contributed by atoms with Crippen LogP contribution < -0.4 is 4.90 Å². The van der Waals surface area contributed by atoms with Crippen LogP contribution in [0.2, 0.25) is 0 Å². The van der Waals surface area contributed by atoms with Crippen molar-refractivity contribution in [1.82, 2.24) is 9.80 Å². The maximum atomic E-state index is 12.9. The second-order valence-electron chi connectivity index (χ2n) is 8.42. The molecule has 0 spiro atoms. The Labute approximate surface area is 178 Å². The predicted octanol–water partition coefficient (Wildman–Crippen LogP) is 2.96. The van der Waals surface area contributed by atoms with Gasteiger partial charge in [-0.25, -0.2) is 0 Å². The molecule has 0 bridgehead atoms. The molecule has 2 heterocycles. The number of piperazine rings is 1. The average Bonchev–Trinajstić information content (AvgIpc) is 2.74. The lowest BCUT2D eigenvalue weighted by molar-refractivity contribution is -0.0704. The van der Waals surface area contributed by atoms with Crippen molar-refractivity contribution in [3.8, 4) is 5.75 Å². The second kappa shape index (κ2) is 9.06. The Balaban J connectivity index is 1.32. The molecule has 2 aromatic rings. The molecule has 1 N–H and O–H groups in total. The quantitative estimate of drug-likeness (QED) is 0.842. The van der Waals surface area contributed by atoms with E-state index in [4.69, 9.17) is 4.74 Å². The second-order valence-corrected chi connectivity index (χ2v) is 8.42. The van der Waals surface area contributed by atoms with E-state index in [9.17, 15) is 9.90 Å². The zero-order valence-corrected chi connectivity index (χ0v) is 17.8. The highest BCUT2D eigenvalue weighted by molar-refractivity contribution is 5.94. The number of para-hydroxylation sites is 2. The molecule has 160 valence electrons. The molecule has 2 saturated heterocycles. The van der Waals surface area contributed by atoms with Gasteiger partial charge < -0.3 is 19.6 Å². The van der Waals surface area contributed by atoms with E-state index >= 15 is 0 Å². The van der Waals surface area contributed by atoms with Crippen molar-refractivity contribution in [1.29, 1.82) is 0 Å². The van der Waals surface area contributed by atoms with E-state index in [2.05, 4.69) is 35.8 Å². The van der Waals surface area contributed by atoms with Crippen molar-refractivity contribution in [2.45, 2.75) is 32.6 Å². The Kier molecular flexibility index (Phi) is 6.25. The molecule has 0 saturated carbocycles. The zero-order chi connectivity index (χ0) is 21.1. The van der Waals surface area contributed by atoms with E-state index in [-0.39, 0.29) is 23.9 Å². The molecule has 0 radical (unpaired) electrons. The minimum Gasteiger partial charge on any atom is -0.506 e. The van der Waals surface area contributed by atoms with Crippen LogP contribution in [-0.4, -0.2) is 72.3 Å². The highest BCUT2D eigenvalue weighted by Gasteiger charge is 2.24. The van der Waals surface area contributed by atoms with Crippen LogP contribution in [-0.2, 0) is 11.3 Å². The highest BCUT2D eigenvalue weighted by Crippen LogP contribution is 2.27. The van der Waals surface area contributed by atoms with Gasteiger partial charge in [0, 0.05) is 51.4 Å². The average molecular weight is 410 g/mol. The molecule has 30 heavy (non-hydrogen) atoms. The Morgan fingerprint density at radius 1 is 0.967 bits per heavy atom. The fraction of sp³-hybridized carbons (Fsp3) is 0.458. The summed E-state index contributed by atoms with van der Waals surface area (Å²) in [6.07, 6.45) is 0.511. The van der Waals surface area contributed by atoms with Crippen LogP contribution in [0.4, 0.5) is 5.69 Å². The molecule has 2 aromatic carbocycles. The number of amides is 1. The summed E-state index contributed by atoms with van der Waals surface area (Å²) in [5, 5.41) is 10.1. The lowest BCUT2D eigenvalue weighted by Gasteiger charge is -2.36. The molecule has 2 aliphatic heterocycles. The number of benzene rings is 2. The van der Waals surface area contributed by atoms with Crippen LogP contribution in [0.5, 0.6) is 5.75 Å². The van der Waals surface area contributed by atoms with Crippen molar-refractivity contribution in [2.24, 2.45) is 0 Å². The third kappa shape index (κ3) is 4.77. The molecule has 0 aromatic heterocycles. The number of phenolic OH excluding ortho intramolecular Hbond substituents is 1. The highest BCUT2D eigenvalue weighted by atomic mass is 16.5. The van der Waals surface area contributed by atoms with E-state index in [0.29, 0.717) is 13.1 Å². The summed E-state index contributed by atoms with van der Waals surface area (Å²) < 4.78 is 5.80. The summed E-state index contributed by atoms with van der Waals surface area (Å²) in [6, 6.07) is 15.4. The summed E-state index contributed by atoms with van der Waals surface area (Å²) in [6.45, 7) is 9.72. The van der Waals surface area contributed by atoms with Gasteiger partial charge in [-0.2, -0.15) is 0 Å². The van der Waals surface area contributed by atoms with Crippen molar-refractivity contribution < 1.29 is 14.6 Å². The maximum Gasteiger partial charge on any atom is 0.253 e. The number of rotatable bonds is 4. The van der Waals surface area contributed by atoms with E-state index in [1.165, 1.54) is 5.56 Å². The molecule has 0 unspecified atom stereocenters. The van der Waals surface area contributed by atoms with Crippen LogP contribution in [0.3, 0.4) is 0 Å². The summed E-state index contributed by atoms with van der Waals surface area (Å²) in [4.78, 5) is 19.4. The number of carbonyl (C=O) groups excluding carboxylic acids is 1. The zero-order valence-electron chi connectivity index (χ0n) is 17.8. The minimum absolute atomic E-state index is 0.0760. The van der Waals surface area contributed by atoms with E-state index < -0.39 is 0 Å². The van der Waals surface area contributed by atoms with Crippen LogP contribution in [0.15, 0.2) is 48.5 Å². The number of carbonyl (C=O) groups is 1. The number of hydrogen-bond acceptors (Lipinski definition) is 5. The lowest BCUT2D eigenvalue weighted by Crippen LogP contribution is -2.48. The number of phenols is 1. The molecule has 4 rings (SSSR count). The fourth-order valence-electron chi connectivity index (χ4n) is 4.49. The Morgan fingerprint density at radius 3 is 2.23 bits per heavy atom. The third-order valence-electron chi connectivity index (χ3n) is 5.89. The maximum absolute atomic E-state index is 12.9. The molecule has 6 heteroatoms. The summed E-state index contributed by atoms with van der Waals surface area (Å²) in [7, 11) is 0. The summed E-state index contributed by atoms with van der Waals surface area (Å²) in [5.41, 5.74) is 2.79. The first-order valence-corrected chi connectivity index (χ1v) is 10.8. The largest absolute Gasteiger partial charge is 0.506 e. The smallest absolute Gasteiger partial charge is 0.253 e. The van der Waals surface area contributed by atoms with Gasteiger partial charge in [0.05, 0.1) is 17.9 Å². The molecule has 2 atom stereocenters. The monoisotopic (exact) mass is 409 g/mol. The molecule has 2 aliphatic rings. The van der Waals surface area contributed by atoms with E-state index in [1.807, 2.05) is 35.2 Å². The first kappa shape index (κ1) is 20.7. The molecule has 2 fully saturated rings. The normalized spacial score (nSPS) is 22.9. The van der Waals surface area contributed by atoms with Gasteiger partial charge in [0.1, 0.15) is 5.75 Å². The molecular weight excluding hydrogens is 378 g/mol. The first-order valence-electron chi connectivity index (χ1n) is 10.8. The van der Waals surface area contributed by atoms with Crippen LogP contribution in [0.1, 0.15) is 29.8 Å². The van der Waals surface area contributed by atoms with Gasteiger partial charge in [-0.3, -0.25) is 9.69 Å². The first-order chi connectivity index (χ1) is 14.5. The fourth-order valence-corrected chi connectivity index (χ4v) is 4.49. The Morgan fingerprint density at radius 2 is 1.60 bits per heavy atom.